The number of aryl methyl sites for hydroxylation is 1. The van der Waals surface area contributed by atoms with Crippen molar-refractivity contribution < 1.29 is 0 Å². The summed E-state index contributed by atoms with van der Waals surface area (Å²) in [5.74, 6) is 1.08. The fourth-order valence-electron chi connectivity index (χ4n) is 2.83. The van der Waals surface area contributed by atoms with Crippen LogP contribution in [0.15, 0.2) is 18.3 Å². The summed E-state index contributed by atoms with van der Waals surface area (Å²) in [7, 11) is 2.19. The number of likely N-dealkylation sites (N-methyl/N-ethyl adjacent to an activating group) is 1. The molecule has 1 atom stereocenters. The van der Waals surface area contributed by atoms with Gasteiger partial charge in [0, 0.05) is 18.8 Å². The molecule has 1 saturated heterocycles. The van der Waals surface area contributed by atoms with Gasteiger partial charge < -0.3 is 9.47 Å². The van der Waals surface area contributed by atoms with E-state index in [1.165, 1.54) is 19.4 Å². The van der Waals surface area contributed by atoms with Crippen molar-refractivity contribution in [2.45, 2.75) is 25.8 Å². The Balaban J connectivity index is 2.06. The molecule has 2 aromatic heterocycles. The van der Waals surface area contributed by atoms with Crippen LogP contribution in [-0.2, 0) is 0 Å². The third-order valence-electron chi connectivity index (χ3n) is 3.59. The average molecular weight is 230 g/mol. The second-order valence-corrected chi connectivity index (χ2v) is 4.93. The number of imidazole rings is 1. The van der Waals surface area contributed by atoms with Crippen molar-refractivity contribution in [3.63, 3.8) is 0 Å². The van der Waals surface area contributed by atoms with Crippen LogP contribution in [0.1, 0.15) is 24.7 Å². The van der Waals surface area contributed by atoms with Gasteiger partial charge in [0.25, 0.3) is 0 Å². The predicted molar refractivity (Wildman–Crippen MR) is 68.0 cm³/mol. The van der Waals surface area contributed by atoms with E-state index in [9.17, 15) is 0 Å². The summed E-state index contributed by atoms with van der Waals surface area (Å²) < 4.78 is 2.31. The van der Waals surface area contributed by atoms with Crippen LogP contribution in [0, 0.1) is 6.92 Å². The molecule has 17 heavy (non-hydrogen) atoms. The molecule has 0 N–H and O–H groups in total. The first-order valence-corrected chi connectivity index (χ1v) is 6.24. The van der Waals surface area contributed by atoms with Gasteiger partial charge in [0.05, 0.1) is 0 Å². The third-order valence-corrected chi connectivity index (χ3v) is 3.59. The van der Waals surface area contributed by atoms with Crippen molar-refractivity contribution in [2.24, 2.45) is 0 Å². The molecule has 1 aliphatic heterocycles. The zero-order chi connectivity index (χ0) is 11.8. The highest BCUT2D eigenvalue weighted by Crippen LogP contribution is 2.25. The van der Waals surface area contributed by atoms with Crippen LogP contribution in [0.2, 0.25) is 0 Å². The summed E-state index contributed by atoms with van der Waals surface area (Å²) in [4.78, 5) is 11.5. The quantitative estimate of drug-likeness (QED) is 0.751. The molecule has 2 aromatic rings. The Hall–Kier alpha value is -1.42. The second-order valence-electron chi connectivity index (χ2n) is 4.93. The van der Waals surface area contributed by atoms with E-state index in [0.29, 0.717) is 6.04 Å². The van der Waals surface area contributed by atoms with Gasteiger partial charge in [-0.1, -0.05) is 0 Å². The van der Waals surface area contributed by atoms with E-state index in [-0.39, 0.29) is 0 Å². The van der Waals surface area contributed by atoms with Crippen molar-refractivity contribution in [1.82, 2.24) is 19.4 Å². The summed E-state index contributed by atoms with van der Waals surface area (Å²) in [6, 6.07) is 4.51. The molecule has 0 amide bonds. The van der Waals surface area contributed by atoms with E-state index < -0.39 is 0 Å². The maximum Gasteiger partial charge on any atom is 0.160 e. The lowest BCUT2D eigenvalue weighted by Gasteiger charge is -2.31. The van der Waals surface area contributed by atoms with Crippen molar-refractivity contribution in [3.8, 4) is 0 Å². The minimum Gasteiger partial charge on any atom is -0.309 e. The highest BCUT2D eigenvalue weighted by molar-refractivity contribution is 5.71. The SMILES string of the molecule is Cc1nc2cccnc2n1C1CCCN(C)C1. The summed E-state index contributed by atoms with van der Waals surface area (Å²) in [5.41, 5.74) is 2.04. The summed E-state index contributed by atoms with van der Waals surface area (Å²) in [6.07, 6.45) is 4.34. The topological polar surface area (TPSA) is 34.0 Å². The Labute approximate surface area is 101 Å². The molecular weight excluding hydrogens is 212 g/mol. The number of likely N-dealkylation sites (tertiary alicyclic amines) is 1. The normalized spacial score (nSPS) is 22.1. The lowest BCUT2D eigenvalue weighted by molar-refractivity contribution is 0.213. The smallest absolute Gasteiger partial charge is 0.160 e. The molecule has 0 bridgehead atoms. The average Bonchev–Trinajstić information content (AvgIpc) is 2.64. The molecular formula is C13H18N4. The van der Waals surface area contributed by atoms with Crippen molar-refractivity contribution >= 4 is 11.2 Å². The number of hydrogen-bond donors (Lipinski definition) is 0. The molecule has 3 heterocycles. The number of rotatable bonds is 1. The lowest BCUT2D eigenvalue weighted by Crippen LogP contribution is -2.34. The maximum absolute atomic E-state index is 4.60. The molecule has 0 aromatic carbocycles. The van der Waals surface area contributed by atoms with Crippen LogP contribution < -0.4 is 0 Å². The Bertz CT molecular complexity index is 531. The van der Waals surface area contributed by atoms with Gasteiger partial charge >= 0.3 is 0 Å². The van der Waals surface area contributed by atoms with Gasteiger partial charge in [-0.3, -0.25) is 0 Å². The first-order chi connectivity index (χ1) is 8.25. The predicted octanol–water partition coefficient (Wildman–Crippen LogP) is 2.01. The maximum atomic E-state index is 4.60. The fraction of sp³-hybridized carbons (Fsp3) is 0.538. The summed E-state index contributed by atoms with van der Waals surface area (Å²) in [5, 5.41) is 0. The standard InChI is InChI=1S/C13H18N4/c1-10-15-12-6-3-7-14-13(12)17(10)11-5-4-8-16(2)9-11/h3,6-7,11H,4-5,8-9H2,1-2H3. The van der Waals surface area contributed by atoms with Gasteiger partial charge in [-0.2, -0.15) is 0 Å². The summed E-state index contributed by atoms with van der Waals surface area (Å²) in [6.45, 7) is 4.38. The molecule has 0 saturated carbocycles. The van der Waals surface area contributed by atoms with Crippen molar-refractivity contribution in [3.05, 3.63) is 24.2 Å². The van der Waals surface area contributed by atoms with E-state index in [1.807, 2.05) is 18.3 Å². The van der Waals surface area contributed by atoms with Gasteiger partial charge in [-0.25, -0.2) is 9.97 Å². The number of fused-ring (bicyclic) bond motifs is 1. The Morgan fingerprint density at radius 2 is 2.29 bits per heavy atom. The molecule has 1 fully saturated rings. The minimum absolute atomic E-state index is 0.522. The largest absolute Gasteiger partial charge is 0.309 e. The van der Waals surface area contributed by atoms with Crippen LogP contribution in [0.25, 0.3) is 11.2 Å². The van der Waals surface area contributed by atoms with E-state index in [4.69, 9.17) is 0 Å². The van der Waals surface area contributed by atoms with Crippen LogP contribution in [0.5, 0.6) is 0 Å². The van der Waals surface area contributed by atoms with Gasteiger partial charge in [0.2, 0.25) is 0 Å². The highest BCUT2D eigenvalue weighted by Gasteiger charge is 2.22. The molecule has 0 radical (unpaired) electrons. The van der Waals surface area contributed by atoms with Crippen LogP contribution >= 0.6 is 0 Å². The number of hydrogen-bond acceptors (Lipinski definition) is 3. The molecule has 3 rings (SSSR count). The molecule has 4 nitrogen and oxygen atoms in total. The van der Waals surface area contributed by atoms with Crippen LogP contribution in [0.3, 0.4) is 0 Å². The Morgan fingerprint density at radius 1 is 1.41 bits per heavy atom. The Morgan fingerprint density at radius 3 is 3.12 bits per heavy atom. The number of pyridine rings is 1. The monoisotopic (exact) mass is 230 g/mol. The van der Waals surface area contributed by atoms with Crippen molar-refractivity contribution in [2.75, 3.05) is 20.1 Å². The van der Waals surface area contributed by atoms with E-state index >= 15 is 0 Å². The van der Waals surface area contributed by atoms with Gasteiger partial charge in [0.15, 0.2) is 5.65 Å². The molecule has 0 aliphatic carbocycles. The highest BCUT2D eigenvalue weighted by atomic mass is 15.2. The van der Waals surface area contributed by atoms with E-state index in [2.05, 4.69) is 33.4 Å². The third kappa shape index (κ3) is 1.82. The van der Waals surface area contributed by atoms with E-state index in [0.717, 1.165) is 23.5 Å². The van der Waals surface area contributed by atoms with Crippen LogP contribution in [-0.4, -0.2) is 39.6 Å². The van der Waals surface area contributed by atoms with E-state index in [1.54, 1.807) is 0 Å². The molecule has 90 valence electrons. The molecule has 1 aliphatic rings. The first-order valence-electron chi connectivity index (χ1n) is 6.24. The molecule has 4 heteroatoms. The van der Waals surface area contributed by atoms with Gasteiger partial charge in [0.1, 0.15) is 11.3 Å². The zero-order valence-electron chi connectivity index (χ0n) is 10.4. The van der Waals surface area contributed by atoms with Gasteiger partial charge in [-0.15, -0.1) is 0 Å². The second kappa shape index (κ2) is 4.11. The summed E-state index contributed by atoms with van der Waals surface area (Å²) >= 11 is 0. The van der Waals surface area contributed by atoms with Crippen molar-refractivity contribution in [1.29, 1.82) is 0 Å². The molecule has 0 spiro atoms. The van der Waals surface area contributed by atoms with Crippen LogP contribution in [0.4, 0.5) is 0 Å². The first kappa shape index (κ1) is 10.7. The van der Waals surface area contributed by atoms with Gasteiger partial charge in [-0.05, 0) is 45.5 Å². The molecule has 1 unspecified atom stereocenters. The number of nitrogens with zero attached hydrogens (tertiary/aromatic N) is 4. The number of aromatic nitrogens is 3. The lowest BCUT2D eigenvalue weighted by atomic mass is 10.1. The fourth-order valence-corrected chi connectivity index (χ4v) is 2.83. The zero-order valence-corrected chi connectivity index (χ0v) is 10.4. The number of piperidine rings is 1. The Kier molecular flexibility index (Phi) is 2.59. The minimum atomic E-state index is 0.522.